The van der Waals surface area contributed by atoms with Crippen LogP contribution < -0.4 is 25.9 Å². The highest BCUT2D eigenvalue weighted by Gasteiger charge is 2.40. The first kappa shape index (κ1) is 12.1. The lowest BCUT2D eigenvalue weighted by Crippen LogP contribution is -2.57. The van der Waals surface area contributed by atoms with Crippen LogP contribution in [0.3, 0.4) is 0 Å². The van der Waals surface area contributed by atoms with E-state index in [0.717, 1.165) is 9.13 Å². The molecule has 0 saturated heterocycles. The average Bonchev–Trinajstić information content (AvgIpc) is 3.89. The predicted molar refractivity (Wildman–Crippen MR) is 198 cm³/mol. The van der Waals surface area contributed by atoms with Crippen molar-refractivity contribution < 1.29 is 42.4 Å². The van der Waals surface area contributed by atoms with Gasteiger partial charge in [0, 0.05) is 44.8 Å². The van der Waals surface area contributed by atoms with Gasteiger partial charge in [-0.15, -0.1) is 0 Å². The fourth-order valence-corrected chi connectivity index (χ4v) is 6.66. The van der Waals surface area contributed by atoms with Gasteiger partial charge in [-0.1, -0.05) is 84.6 Å². The molecule has 0 atom stereocenters. The summed E-state index contributed by atoms with van der Waals surface area (Å²) in [5, 5.41) is -1.67. The van der Waals surface area contributed by atoms with E-state index in [0.29, 0.717) is 0 Å². The summed E-state index contributed by atoms with van der Waals surface area (Å²) >= 11 is 0. The molecule has 5 heteroatoms. The minimum atomic E-state index is -1.61. The largest absolute Gasteiger partial charge is 0.458 e. The maximum absolute atomic E-state index is 9.93. The number of hydrogen-bond acceptors (Lipinski definition) is 2. The molecule has 0 fully saturated rings. The van der Waals surface area contributed by atoms with Crippen LogP contribution in [0.1, 0.15) is 38.5 Å². The lowest BCUT2D eigenvalue weighted by Gasteiger charge is -2.33. The van der Waals surface area contributed by atoms with Gasteiger partial charge in [-0.3, -0.25) is 0 Å². The molecule has 4 heterocycles. The van der Waals surface area contributed by atoms with E-state index in [4.69, 9.17) is 31.4 Å². The van der Waals surface area contributed by atoms with Crippen LogP contribution in [0.2, 0.25) is 0 Å². The molecule has 7 aromatic carbocycles. The Hall–Kier alpha value is -6.20. The summed E-state index contributed by atoms with van der Waals surface area (Å²) in [6.07, 6.45) is 0. The van der Waals surface area contributed by atoms with Crippen molar-refractivity contribution in [1.29, 1.82) is 0 Å². The van der Waals surface area contributed by atoms with Crippen LogP contribution in [0, 0.1) is 6.92 Å². The third-order valence-electron chi connectivity index (χ3n) is 8.52. The van der Waals surface area contributed by atoms with E-state index in [-0.39, 0.29) is 27.3 Å². The first-order valence-electron chi connectivity index (χ1n) is 26.5. The van der Waals surface area contributed by atoms with Gasteiger partial charge in [0.1, 0.15) is 23.0 Å². The minimum Gasteiger partial charge on any atom is -0.458 e. The molecule has 2 aromatic heterocycles. The smallest absolute Gasteiger partial charge is 0.260 e. The van der Waals surface area contributed by atoms with Crippen LogP contribution in [0.5, 0.6) is 23.0 Å². The zero-order chi connectivity index (χ0) is 52.4. The van der Waals surface area contributed by atoms with Gasteiger partial charge in [-0.05, 0) is 71.8 Å². The number of nitrogens with zero attached hydrogens (tertiary/aromatic N) is 2. The lowest BCUT2D eigenvalue weighted by atomic mass is 9.35. The maximum Gasteiger partial charge on any atom is 0.260 e. The quantitative estimate of drug-likeness (QED) is 0.177. The Kier molecular flexibility index (Phi) is 2.38. The van der Waals surface area contributed by atoms with Crippen molar-refractivity contribution in [3.63, 3.8) is 0 Å². The third-order valence-corrected chi connectivity index (χ3v) is 8.52. The van der Waals surface area contributed by atoms with Crippen molar-refractivity contribution in [2.75, 3.05) is 0 Å². The molecule has 224 valence electrons. The number of fused-ring (bicyclic) bond motifs is 11. The number of ether oxygens (including phenoxy) is 2. The van der Waals surface area contributed by atoms with E-state index in [1.807, 2.05) is 0 Å². The van der Waals surface area contributed by atoms with E-state index in [1.54, 1.807) is 0 Å². The third kappa shape index (κ3) is 3.40. The number of benzene rings is 7. The Morgan fingerprint density at radius 2 is 1.00 bits per heavy atom. The van der Waals surface area contributed by atoms with Crippen LogP contribution in [0.4, 0.5) is 0 Å². The normalized spacial score (nSPS) is 20.0. The molecule has 2 aliphatic heterocycles. The molecule has 0 saturated carbocycles. The molecule has 0 amide bonds. The topological polar surface area (TPSA) is 28.3 Å². The van der Waals surface area contributed by atoms with Crippen molar-refractivity contribution >= 4 is 66.7 Å². The molecule has 0 unspecified atom stereocenters. The van der Waals surface area contributed by atoms with Crippen LogP contribution >= 0.6 is 0 Å². The molecule has 0 spiro atoms. The average molecular weight is 639 g/mol. The van der Waals surface area contributed by atoms with Crippen LogP contribution in [0.15, 0.2) is 145 Å². The zero-order valence-corrected chi connectivity index (χ0v) is 24.3. The van der Waals surface area contributed by atoms with Crippen molar-refractivity contribution in [3.8, 4) is 34.4 Å². The predicted octanol–water partition coefficient (Wildman–Crippen LogP) is 8.92. The summed E-state index contributed by atoms with van der Waals surface area (Å²) in [7, 11) is 0. The maximum atomic E-state index is 9.93. The van der Waals surface area contributed by atoms with Crippen molar-refractivity contribution in [2.45, 2.75) is 6.92 Å². The van der Waals surface area contributed by atoms with Gasteiger partial charge in [-0.2, -0.15) is 0 Å². The second-order valence-electron chi connectivity index (χ2n) is 11.1. The summed E-state index contributed by atoms with van der Waals surface area (Å²) in [4.78, 5) is 0. The van der Waals surface area contributed by atoms with Gasteiger partial charge >= 0.3 is 0 Å². The molecule has 0 radical (unpaired) electrons. The van der Waals surface area contributed by atoms with Crippen molar-refractivity contribution in [2.24, 2.45) is 0 Å². The molecule has 4 nitrogen and oxygen atoms in total. The molecule has 2 aliphatic rings. The van der Waals surface area contributed by atoms with Gasteiger partial charge in [0.15, 0.2) is 0 Å². The minimum absolute atomic E-state index is 0.128. The van der Waals surface area contributed by atoms with E-state index in [1.165, 1.54) is 6.92 Å². The zero-order valence-electron chi connectivity index (χ0n) is 48.3. The molecule has 0 aliphatic carbocycles. The Balaban J connectivity index is 1.41. The molecule has 48 heavy (non-hydrogen) atoms. The van der Waals surface area contributed by atoms with E-state index in [9.17, 15) is 11.0 Å². The van der Waals surface area contributed by atoms with E-state index >= 15 is 0 Å². The first-order valence-corrected chi connectivity index (χ1v) is 14.5. The summed E-state index contributed by atoms with van der Waals surface area (Å²) in [5.74, 6) is -2.34. The Bertz CT molecular complexity index is 4060. The molecule has 11 rings (SSSR count). The fraction of sp³-hybridized carbons (Fsp3) is 0.0233. The molecular weight excluding hydrogens is 587 g/mol. The van der Waals surface area contributed by atoms with E-state index in [2.05, 4.69) is 0 Å². The van der Waals surface area contributed by atoms with E-state index < -0.39 is 224 Å². The SMILES string of the molecule is [2H]c1c([2H])c([2H])c2c(c1[2H])Oc1c([2H])c(-n3c4c([2H])c([2H])c([2H])c([2H])c4c4c5c6c([2H])c([2H])c([2H])c([2H])c6n(-c6c([2H])c([2H])c([2H])c(C)c6[2H])c5c([2H])c([2H])c43)c([2H])c3c1B2c1c([2H])c([2H])c([2H])c([2H])c1O3. The Morgan fingerprint density at radius 1 is 0.479 bits per heavy atom. The van der Waals surface area contributed by atoms with Gasteiger partial charge in [0.25, 0.3) is 6.71 Å². The van der Waals surface area contributed by atoms with Gasteiger partial charge < -0.3 is 18.6 Å². The first-order chi connectivity index (χ1) is 33.7. The standard InChI is InChI=1S/C43H27BN2O2/c1-26-11-10-12-27(23-26)45-33-17-6-2-13-29(33)41-35(45)21-22-36-42(41)30-14-3-7-18-34(30)46(36)28-24-39-43-40(25-28)48-38-20-9-5-16-32(38)44(43)31-15-4-8-19-37(31)47-39/h2-25H,1H3/i2D,3D,4D,5D,6D,7D,8D,9D,10D,11D,12D,13D,14D,15D,16D,17D,18D,19D,20D,21D,22D,23D,24D,25D. The Labute approximate surface area is 310 Å². The summed E-state index contributed by atoms with van der Waals surface area (Å²) in [6, 6.07) is -18.4. The summed E-state index contributed by atoms with van der Waals surface area (Å²) in [5.41, 5.74) is -4.38. The van der Waals surface area contributed by atoms with Gasteiger partial charge in [0.05, 0.1) is 60.7 Å². The lowest BCUT2D eigenvalue weighted by molar-refractivity contribution is 0.464. The van der Waals surface area contributed by atoms with Crippen molar-refractivity contribution in [1.82, 2.24) is 9.13 Å². The number of hydrogen-bond donors (Lipinski definition) is 0. The summed E-state index contributed by atoms with van der Waals surface area (Å²) in [6.45, 7) is -0.300. The second-order valence-corrected chi connectivity index (χ2v) is 11.1. The summed E-state index contributed by atoms with van der Waals surface area (Å²) < 4.78 is 231. The van der Waals surface area contributed by atoms with Crippen molar-refractivity contribution in [3.05, 3.63) is 151 Å². The molecule has 9 aromatic rings. The number of aromatic nitrogens is 2. The second kappa shape index (κ2) is 9.43. The molecule has 0 N–H and O–H groups in total. The monoisotopic (exact) mass is 638 g/mol. The number of rotatable bonds is 2. The van der Waals surface area contributed by atoms with Crippen LogP contribution in [-0.2, 0) is 0 Å². The van der Waals surface area contributed by atoms with Crippen LogP contribution in [0.25, 0.3) is 55.0 Å². The number of para-hydroxylation sites is 4. The fourth-order valence-electron chi connectivity index (χ4n) is 6.66. The highest BCUT2D eigenvalue weighted by atomic mass is 16.5. The molecular formula is C43H27BN2O2. The highest BCUT2D eigenvalue weighted by Crippen LogP contribution is 2.44. The molecule has 0 bridgehead atoms. The highest BCUT2D eigenvalue weighted by molar-refractivity contribution is 6.98. The van der Waals surface area contributed by atoms with Crippen LogP contribution in [-0.4, -0.2) is 15.8 Å². The van der Waals surface area contributed by atoms with Gasteiger partial charge in [-0.25, -0.2) is 0 Å². The van der Waals surface area contributed by atoms with Gasteiger partial charge in [0.2, 0.25) is 0 Å². The Morgan fingerprint density at radius 3 is 1.60 bits per heavy atom.